The maximum Gasteiger partial charge on any atom is 0.409 e. The highest BCUT2D eigenvalue weighted by atomic mass is 32.1. The van der Waals surface area contributed by atoms with Gasteiger partial charge in [0.05, 0.1) is 55.0 Å². The Morgan fingerprint density at radius 1 is 0.824 bits per heavy atom. The van der Waals surface area contributed by atoms with E-state index in [1.807, 2.05) is 71.1 Å². The van der Waals surface area contributed by atoms with Gasteiger partial charge < -0.3 is 56.0 Å². The van der Waals surface area contributed by atoms with Gasteiger partial charge in [0.1, 0.15) is 24.5 Å². The van der Waals surface area contributed by atoms with E-state index in [0.717, 1.165) is 69.6 Å². The molecule has 6 aliphatic rings. The van der Waals surface area contributed by atoms with Crippen LogP contribution in [0, 0.1) is 30.1 Å². The lowest BCUT2D eigenvalue weighted by Crippen LogP contribution is -2.58. The number of urea groups is 1. The number of carbonyl (C=O) groups is 9. The molecule has 0 spiro atoms. The summed E-state index contributed by atoms with van der Waals surface area (Å²) >= 11 is 1.42. The third-order valence-electron chi connectivity index (χ3n) is 20.2. The molecule has 2 aliphatic heterocycles. The van der Waals surface area contributed by atoms with Gasteiger partial charge in [0.25, 0.3) is 23.6 Å². The van der Waals surface area contributed by atoms with Crippen molar-refractivity contribution in [3.05, 3.63) is 131 Å². The van der Waals surface area contributed by atoms with Crippen LogP contribution < -0.4 is 37.2 Å². The lowest BCUT2D eigenvalue weighted by molar-refractivity contribution is -0.201. The number of nitrogens with zero attached hydrogens (tertiary/aromatic N) is 8. The van der Waals surface area contributed by atoms with Crippen molar-refractivity contribution in [2.24, 2.45) is 34.6 Å². The number of amides is 9. The molecule has 2 unspecified atom stereocenters. The molecule has 27 nitrogen and oxygen atoms in total. The van der Waals surface area contributed by atoms with Crippen LogP contribution >= 0.6 is 11.3 Å². The molecule has 6 aromatic rings. The SMILES string of the molecule is Cc1c(-c2ccc(N3CCc4cccc(C(=O)Nc5nc6ccccc6s5)c4C3)nc2C(=O)O)cnn1C[C@]12CC3CC(C1)C[C@](OCCOCCOCCN(C)C(=O)OCc1ccc(N(C(=O)[C@@H](NC(=O)CCCCCN4C(=O)C=CC4=O)C(C)C)[C@@H](CCCNC(N)=O)C(N)=O)cc1)(C3)C2. The first-order valence-electron chi connectivity index (χ1n) is 35.1. The van der Waals surface area contributed by atoms with Crippen LogP contribution in [0.4, 0.5) is 26.2 Å². The van der Waals surface area contributed by atoms with Crippen molar-refractivity contribution in [2.45, 2.75) is 142 Å². The van der Waals surface area contributed by atoms with Crippen molar-refractivity contribution in [3.63, 3.8) is 0 Å². The largest absolute Gasteiger partial charge is 0.476 e. The molecule has 102 heavy (non-hydrogen) atoms. The topological polar surface area (TPSA) is 355 Å². The number of benzene rings is 3. The normalized spacial score (nSPS) is 19.4. The minimum atomic E-state index is -1.19. The summed E-state index contributed by atoms with van der Waals surface area (Å²) < 4.78 is 27.3. The average molecular weight is 1420 g/mol. The number of rotatable bonds is 35. The minimum Gasteiger partial charge on any atom is -0.476 e. The number of pyridine rings is 1. The first kappa shape index (κ1) is 73.6. The summed E-state index contributed by atoms with van der Waals surface area (Å²) in [6.45, 7) is 9.34. The van der Waals surface area contributed by atoms with Gasteiger partial charge in [-0.15, -0.1) is 0 Å². The molecule has 4 atom stereocenters. The number of carboxylic acids is 1. The Balaban J connectivity index is 0.613. The molecule has 0 saturated heterocycles. The predicted octanol–water partition coefficient (Wildman–Crippen LogP) is 8.30. The average Bonchev–Trinajstić information content (AvgIpc) is 0.786. The molecule has 542 valence electrons. The Bertz CT molecular complexity index is 4050. The Morgan fingerprint density at radius 3 is 2.27 bits per heavy atom. The second-order valence-electron chi connectivity index (χ2n) is 27.9. The number of imide groups is 1. The van der Waals surface area contributed by atoms with Crippen LogP contribution in [0.25, 0.3) is 21.3 Å². The molecular weight excluding hydrogens is 1330 g/mol. The van der Waals surface area contributed by atoms with Gasteiger partial charge in [0.15, 0.2) is 10.8 Å². The fraction of sp³-hybridized carbons (Fsp3) is 0.486. The number of para-hydroxylation sites is 1. The molecule has 0 radical (unpaired) electrons. The zero-order chi connectivity index (χ0) is 72.2. The second-order valence-corrected chi connectivity index (χ2v) is 28.9. The second kappa shape index (κ2) is 33.0. The third kappa shape index (κ3) is 17.8. The molecule has 9 amide bonds. The third-order valence-corrected chi connectivity index (χ3v) is 21.1. The Kier molecular flexibility index (Phi) is 23.8. The van der Waals surface area contributed by atoms with Gasteiger partial charge in [0, 0.05) is 93.0 Å². The highest BCUT2D eigenvalue weighted by Crippen LogP contribution is 2.63. The molecule has 3 aromatic carbocycles. The van der Waals surface area contributed by atoms with Gasteiger partial charge in [-0.25, -0.2) is 24.4 Å². The summed E-state index contributed by atoms with van der Waals surface area (Å²) in [6, 6.07) is 20.7. The number of hydrogen-bond donors (Lipinski definition) is 6. The number of nitrogens with two attached hydrogens (primary N) is 2. The van der Waals surface area contributed by atoms with Crippen molar-refractivity contribution in [1.29, 1.82) is 0 Å². The lowest BCUT2D eigenvalue weighted by atomic mass is 9.48. The van der Waals surface area contributed by atoms with Crippen LogP contribution in [0.2, 0.25) is 0 Å². The molecular formula is C74H91N13O14S. The number of nitrogens with one attached hydrogen (secondary N) is 3. The molecule has 28 heteroatoms. The van der Waals surface area contributed by atoms with E-state index in [0.29, 0.717) is 117 Å². The zero-order valence-corrected chi connectivity index (χ0v) is 59.0. The Hall–Kier alpha value is -9.64. The van der Waals surface area contributed by atoms with E-state index in [2.05, 4.69) is 20.9 Å². The number of hydrogen-bond acceptors (Lipinski definition) is 18. The molecule has 5 heterocycles. The highest BCUT2D eigenvalue weighted by molar-refractivity contribution is 7.22. The summed E-state index contributed by atoms with van der Waals surface area (Å²) in [5, 5.41) is 24.4. The number of fused-ring (bicyclic) bond motifs is 2. The van der Waals surface area contributed by atoms with Gasteiger partial charge in [-0.05, 0) is 160 Å². The lowest BCUT2D eigenvalue weighted by Gasteiger charge is -2.61. The van der Waals surface area contributed by atoms with E-state index in [-0.39, 0.29) is 86.5 Å². The van der Waals surface area contributed by atoms with Crippen LogP contribution in [0.3, 0.4) is 0 Å². The molecule has 12 rings (SSSR count). The number of thiazole rings is 1. The fourth-order valence-corrected chi connectivity index (χ4v) is 16.5. The molecule has 4 bridgehead atoms. The molecule has 8 N–H and O–H groups in total. The van der Waals surface area contributed by atoms with Crippen LogP contribution in [0.5, 0.6) is 0 Å². The van der Waals surface area contributed by atoms with Crippen molar-refractivity contribution >= 4 is 91.7 Å². The summed E-state index contributed by atoms with van der Waals surface area (Å²) in [5.41, 5.74) is 17.1. The van der Waals surface area contributed by atoms with Crippen molar-refractivity contribution in [1.82, 2.24) is 40.2 Å². The van der Waals surface area contributed by atoms with Gasteiger partial charge in [-0.3, -0.25) is 48.6 Å². The monoisotopic (exact) mass is 1420 g/mol. The molecule has 4 fully saturated rings. The van der Waals surface area contributed by atoms with E-state index >= 15 is 0 Å². The maximum absolute atomic E-state index is 14.6. The number of carbonyl (C=O) groups excluding carboxylic acids is 8. The van der Waals surface area contributed by atoms with Gasteiger partial charge in [0.2, 0.25) is 11.8 Å². The summed E-state index contributed by atoms with van der Waals surface area (Å²) in [7, 11) is 1.60. The number of aromatic nitrogens is 4. The van der Waals surface area contributed by atoms with Crippen LogP contribution in [-0.2, 0) is 69.0 Å². The quantitative estimate of drug-likeness (QED) is 0.0161. The molecule has 4 saturated carbocycles. The zero-order valence-electron chi connectivity index (χ0n) is 58.2. The summed E-state index contributed by atoms with van der Waals surface area (Å²) in [6.07, 6.45) is 12.4. The number of carboxylic acid groups (broad SMARTS) is 1. The number of anilines is 3. The summed E-state index contributed by atoms with van der Waals surface area (Å²) in [4.78, 5) is 131. The van der Waals surface area contributed by atoms with E-state index in [1.165, 1.54) is 39.7 Å². The number of likely N-dealkylation sites (N-methyl/N-ethyl adjacent to an activating group) is 1. The standard InChI is InChI=1S/C74H91N13O14S/c1-46(2)64(81-61(88)17-6-5-9-28-85-62(89)24-25-63(85)90)68(93)87(58(66(75)91)15-11-27-77-70(76)96)52-20-18-48(19-21-52)43-100-72(97)83(4)30-31-98-32-33-99-34-35-101-74-39-49-36-50(40-74)38-73(37-49,44-74)45-86-47(3)55(41-78-86)53-22-23-60(80-65(53)69(94)95)84-29-26-51-12-10-13-54(56(51)42-84)67(92)82-71-79-57-14-7-8-16-59(57)102-71/h7-8,10,12-14,16,18-25,41,46,49-50,58,64H,5-6,9,11,15,17,26-40,42-45H2,1-4H3,(H2,75,91)(H,81,88)(H,94,95)(H3,76,77,96)(H,79,82,92)/t49?,50?,58-,64-,73-,74-/m0/s1. The predicted molar refractivity (Wildman–Crippen MR) is 381 cm³/mol. The number of aromatic carboxylic acids is 1. The van der Waals surface area contributed by atoms with Gasteiger partial charge in [-0.1, -0.05) is 68.0 Å². The van der Waals surface area contributed by atoms with Crippen molar-refractivity contribution in [2.75, 3.05) is 81.4 Å². The molecule has 4 aliphatic carbocycles. The number of primary amides is 2. The van der Waals surface area contributed by atoms with E-state index in [9.17, 15) is 48.3 Å². The Morgan fingerprint density at radius 2 is 1.56 bits per heavy atom. The number of ether oxygens (including phenoxy) is 4. The van der Waals surface area contributed by atoms with Crippen LogP contribution in [0.1, 0.15) is 134 Å². The van der Waals surface area contributed by atoms with Crippen LogP contribution in [-0.4, -0.2) is 172 Å². The van der Waals surface area contributed by atoms with Gasteiger partial charge >= 0.3 is 18.1 Å². The number of unbranched alkanes of at least 4 members (excludes halogenated alkanes) is 2. The van der Waals surface area contributed by atoms with Crippen molar-refractivity contribution < 1.29 is 67.2 Å². The smallest absolute Gasteiger partial charge is 0.409 e. The first-order valence-corrected chi connectivity index (χ1v) is 35.9. The van der Waals surface area contributed by atoms with E-state index in [1.54, 1.807) is 51.4 Å². The highest BCUT2D eigenvalue weighted by Gasteiger charge is 2.58. The van der Waals surface area contributed by atoms with E-state index < -0.39 is 53.8 Å². The first-order chi connectivity index (χ1) is 49.0. The minimum absolute atomic E-state index is 0.0300. The molecule has 3 aromatic heterocycles. The van der Waals surface area contributed by atoms with Crippen LogP contribution in [0.15, 0.2) is 97.2 Å². The van der Waals surface area contributed by atoms with E-state index in [4.69, 9.17) is 40.5 Å². The van der Waals surface area contributed by atoms with Crippen molar-refractivity contribution in [3.8, 4) is 11.1 Å². The van der Waals surface area contributed by atoms with Gasteiger partial charge in [-0.2, -0.15) is 5.10 Å². The maximum atomic E-state index is 14.6. The Labute approximate surface area is 596 Å². The summed E-state index contributed by atoms with van der Waals surface area (Å²) in [5.74, 6) is -2.77. The fourth-order valence-electron chi connectivity index (χ4n) is 15.6.